The van der Waals surface area contributed by atoms with Gasteiger partial charge in [0.1, 0.15) is 6.23 Å². The molecule has 112 valence electrons. The van der Waals surface area contributed by atoms with E-state index in [0.29, 0.717) is 11.2 Å². The Kier molecular flexibility index (Phi) is 3.70. The number of aromatic amines is 1. The summed E-state index contributed by atoms with van der Waals surface area (Å²) in [5, 5.41) is 0. The van der Waals surface area contributed by atoms with Crippen molar-refractivity contribution < 1.29 is 4.74 Å². The fraction of sp³-hybridized carbons (Fsp3) is 0.538. The lowest BCUT2D eigenvalue weighted by molar-refractivity contribution is -0.0298. The molecule has 1 aliphatic rings. The number of hydrogen-bond acceptors (Lipinski definition) is 5. The molecular weight excluding hydrogens is 272 g/mol. The summed E-state index contributed by atoms with van der Waals surface area (Å²) in [5.41, 5.74) is 0.532. The van der Waals surface area contributed by atoms with Crippen LogP contribution in [0.1, 0.15) is 25.5 Å². The first-order valence-electron chi connectivity index (χ1n) is 6.94. The lowest BCUT2D eigenvalue weighted by Gasteiger charge is -2.23. The maximum Gasteiger partial charge on any atom is 0.280 e. The second kappa shape index (κ2) is 5.65. The number of aromatic nitrogens is 4. The van der Waals surface area contributed by atoms with Gasteiger partial charge < -0.3 is 9.64 Å². The Morgan fingerprint density at radius 2 is 2.38 bits per heavy atom. The van der Waals surface area contributed by atoms with Gasteiger partial charge in [0.2, 0.25) is 5.95 Å². The van der Waals surface area contributed by atoms with E-state index < -0.39 is 0 Å². The van der Waals surface area contributed by atoms with Gasteiger partial charge in [-0.05, 0) is 19.3 Å². The maximum atomic E-state index is 12.0. The minimum Gasteiger partial charge on any atom is -0.369 e. The molecule has 0 bridgehead atoms. The minimum atomic E-state index is -0.291. The standard InChI is InChI=1S/C13H18N6O2/c1-18(2)7-15-13-16-11-10(12(20)17-13)14-8-19(11)9-5-3-4-6-21-9/h7-9H,3-6H2,1-2H3,(H,16,17,20)/b15-7+. The lowest BCUT2D eigenvalue weighted by Crippen LogP contribution is -2.18. The number of fused-ring (bicyclic) bond motifs is 1. The van der Waals surface area contributed by atoms with Gasteiger partial charge in [0.25, 0.3) is 5.56 Å². The molecule has 8 nitrogen and oxygen atoms in total. The summed E-state index contributed by atoms with van der Waals surface area (Å²) in [7, 11) is 3.69. The fourth-order valence-electron chi connectivity index (χ4n) is 2.30. The van der Waals surface area contributed by atoms with E-state index in [9.17, 15) is 4.79 Å². The fourth-order valence-corrected chi connectivity index (χ4v) is 2.30. The average molecular weight is 290 g/mol. The normalized spacial score (nSPS) is 19.4. The zero-order valence-corrected chi connectivity index (χ0v) is 12.1. The summed E-state index contributed by atoms with van der Waals surface area (Å²) in [4.78, 5) is 29.1. The number of rotatable bonds is 3. The zero-order chi connectivity index (χ0) is 14.8. The van der Waals surface area contributed by atoms with E-state index in [4.69, 9.17) is 4.74 Å². The first kappa shape index (κ1) is 13.7. The maximum absolute atomic E-state index is 12.0. The summed E-state index contributed by atoms with van der Waals surface area (Å²) in [6.07, 6.45) is 6.15. The Labute approximate surface area is 121 Å². The van der Waals surface area contributed by atoms with Crippen molar-refractivity contribution in [1.29, 1.82) is 0 Å². The van der Waals surface area contributed by atoms with Gasteiger partial charge in [-0.25, -0.2) is 9.98 Å². The summed E-state index contributed by atoms with van der Waals surface area (Å²) in [6.45, 7) is 0.721. The van der Waals surface area contributed by atoms with Crippen LogP contribution >= 0.6 is 0 Å². The van der Waals surface area contributed by atoms with Crippen molar-refractivity contribution in [2.45, 2.75) is 25.5 Å². The highest BCUT2D eigenvalue weighted by Gasteiger charge is 2.20. The Balaban J connectivity index is 2.04. The predicted molar refractivity (Wildman–Crippen MR) is 78.8 cm³/mol. The van der Waals surface area contributed by atoms with E-state index in [1.807, 2.05) is 18.7 Å². The van der Waals surface area contributed by atoms with Gasteiger partial charge in [-0.15, -0.1) is 0 Å². The predicted octanol–water partition coefficient (Wildman–Crippen LogP) is 1.04. The molecule has 1 unspecified atom stereocenters. The quantitative estimate of drug-likeness (QED) is 0.674. The van der Waals surface area contributed by atoms with Crippen molar-refractivity contribution in [3.63, 3.8) is 0 Å². The lowest BCUT2D eigenvalue weighted by atomic mass is 10.2. The summed E-state index contributed by atoms with van der Waals surface area (Å²) >= 11 is 0. The van der Waals surface area contributed by atoms with Crippen molar-refractivity contribution in [2.24, 2.45) is 4.99 Å². The van der Waals surface area contributed by atoms with Gasteiger partial charge in [-0.3, -0.25) is 14.3 Å². The van der Waals surface area contributed by atoms with Crippen LogP contribution in [-0.2, 0) is 4.74 Å². The summed E-state index contributed by atoms with van der Waals surface area (Å²) < 4.78 is 7.55. The van der Waals surface area contributed by atoms with Gasteiger partial charge in [0, 0.05) is 20.7 Å². The Morgan fingerprint density at radius 1 is 1.52 bits per heavy atom. The van der Waals surface area contributed by atoms with Gasteiger partial charge in [-0.1, -0.05) is 0 Å². The Morgan fingerprint density at radius 3 is 3.10 bits per heavy atom. The number of aliphatic imine (C=N–C) groups is 1. The smallest absolute Gasteiger partial charge is 0.280 e. The Hall–Kier alpha value is -2.22. The van der Waals surface area contributed by atoms with Gasteiger partial charge in [0.05, 0.1) is 12.7 Å². The monoisotopic (exact) mass is 290 g/mol. The van der Waals surface area contributed by atoms with Crippen molar-refractivity contribution >= 4 is 23.5 Å². The molecule has 0 saturated carbocycles. The van der Waals surface area contributed by atoms with Crippen LogP contribution in [0.3, 0.4) is 0 Å². The van der Waals surface area contributed by atoms with Crippen LogP contribution in [0.5, 0.6) is 0 Å². The third kappa shape index (κ3) is 2.80. The molecule has 1 fully saturated rings. The second-order valence-electron chi connectivity index (χ2n) is 5.24. The highest BCUT2D eigenvalue weighted by atomic mass is 16.5. The van der Waals surface area contributed by atoms with Crippen LogP contribution < -0.4 is 5.56 Å². The van der Waals surface area contributed by atoms with Crippen LogP contribution in [0.25, 0.3) is 11.2 Å². The highest BCUT2D eigenvalue weighted by Crippen LogP contribution is 2.25. The van der Waals surface area contributed by atoms with Gasteiger partial charge >= 0.3 is 0 Å². The number of nitrogens with one attached hydrogen (secondary N) is 1. The first-order valence-corrected chi connectivity index (χ1v) is 6.94. The molecule has 3 heterocycles. The summed E-state index contributed by atoms with van der Waals surface area (Å²) in [6, 6.07) is 0. The van der Waals surface area contributed by atoms with Gasteiger partial charge in [0.15, 0.2) is 11.2 Å². The molecule has 21 heavy (non-hydrogen) atoms. The minimum absolute atomic E-state index is 0.108. The Bertz CT molecular complexity index is 711. The van der Waals surface area contributed by atoms with Crippen LogP contribution in [0.4, 0.5) is 5.95 Å². The number of ether oxygens (including phenoxy) is 1. The molecule has 2 aromatic rings. The third-order valence-electron chi connectivity index (χ3n) is 3.30. The van der Waals surface area contributed by atoms with Crippen LogP contribution in [0.15, 0.2) is 16.1 Å². The molecule has 1 atom stereocenters. The van der Waals surface area contributed by atoms with E-state index in [2.05, 4.69) is 19.9 Å². The number of hydrogen-bond donors (Lipinski definition) is 1. The zero-order valence-electron chi connectivity index (χ0n) is 12.1. The second-order valence-corrected chi connectivity index (χ2v) is 5.24. The molecule has 1 saturated heterocycles. The molecule has 3 rings (SSSR count). The molecular formula is C13H18N6O2. The van der Waals surface area contributed by atoms with Gasteiger partial charge in [-0.2, -0.15) is 4.98 Å². The number of imidazole rings is 1. The molecule has 1 N–H and O–H groups in total. The summed E-state index contributed by atoms with van der Waals surface area (Å²) in [5.74, 6) is 0.263. The average Bonchev–Trinajstić information content (AvgIpc) is 2.90. The van der Waals surface area contributed by atoms with E-state index in [-0.39, 0.29) is 17.7 Å². The number of H-pyrrole nitrogens is 1. The van der Waals surface area contributed by atoms with E-state index in [1.54, 1.807) is 17.6 Å². The molecule has 2 aromatic heterocycles. The van der Waals surface area contributed by atoms with Crippen LogP contribution in [0.2, 0.25) is 0 Å². The van der Waals surface area contributed by atoms with E-state index >= 15 is 0 Å². The topological polar surface area (TPSA) is 88.4 Å². The van der Waals surface area contributed by atoms with Crippen molar-refractivity contribution in [3.8, 4) is 0 Å². The molecule has 0 aromatic carbocycles. The van der Waals surface area contributed by atoms with Crippen molar-refractivity contribution in [1.82, 2.24) is 24.4 Å². The van der Waals surface area contributed by atoms with E-state index in [0.717, 1.165) is 25.9 Å². The largest absolute Gasteiger partial charge is 0.369 e. The molecule has 0 aliphatic carbocycles. The molecule has 0 radical (unpaired) electrons. The van der Waals surface area contributed by atoms with Crippen molar-refractivity contribution in [3.05, 3.63) is 16.7 Å². The molecule has 0 amide bonds. The number of nitrogens with zero attached hydrogens (tertiary/aromatic N) is 5. The van der Waals surface area contributed by atoms with Crippen molar-refractivity contribution in [2.75, 3.05) is 20.7 Å². The molecule has 1 aliphatic heterocycles. The first-order chi connectivity index (χ1) is 10.1. The van der Waals surface area contributed by atoms with E-state index in [1.165, 1.54) is 0 Å². The highest BCUT2D eigenvalue weighted by molar-refractivity contribution is 5.71. The SMILES string of the molecule is CN(C)/C=N/c1nc2c(ncn2C2CCCCO2)c(=O)[nH]1. The molecule has 0 spiro atoms. The van der Waals surface area contributed by atoms with Crippen LogP contribution in [-0.4, -0.2) is 51.5 Å². The van der Waals surface area contributed by atoms with Crippen LogP contribution in [0, 0.1) is 0 Å². The molecule has 8 heteroatoms. The third-order valence-corrected chi connectivity index (χ3v) is 3.30.